The molecule has 0 aliphatic carbocycles. The molecular weight excluding hydrogens is 753 g/mol. The maximum atomic E-state index is 14.8. The molecule has 0 radical (unpaired) electrons. The van der Waals surface area contributed by atoms with Gasteiger partial charge in [-0.3, -0.25) is 0 Å². The fraction of sp³-hybridized carbons (Fsp3) is 0.179. The normalized spacial score (nSPS) is 14.1. The van der Waals surface area contributed by atoms with Gasteiger partial charge in [0.2, 0.25) is 0 Å². The Morgan fingerprint density at radius 1 is 0.415 bits per heavy atom. The van der Waals surface area contributed by atoms with Crippen molar-refractivity contribution in [2.45, 2.75) is 66.3 Å². The minimum absolute atomic E-state index is 0.220. The van der Waals surface area contributed by atoms with Crippen molar-refractivity contribution in [2.24, 2.45) is 0 Å². The lowest BCUT2D eigenvalue weighted by molar-refractivity contribution is 0.346. The number of rotatable bonds is 13. The van der Waals surface area contributed by atoms with Crippen molar-refractivity contribution < 1.29 is 33.7 Å². The molecule has 0 saturated carbocycles. The minimum atomic E-state index is -5.07. The quantitative estimate of drug-likeness (QED) is 0.126. The average Bonchev–Trinajstić information content (AvgIpc) is 3.10. The molecular formula is C39H40N2O8S4. The number of benzene rings is 5. The van der Waals surface area contributed by atoms with Crippen LogP contribution in [0.2, 0.25) is 0 Å². The second-order valence-electron chi connectivity index (χ2n) is 12.7. The van der Waals surface area contributed by atoms with E-state index in [1.807, 2.05) is 0 Å². The highest BCUT2D eigenvalue weighted by Crippen LogP contribution is 2.35. The van der Waals surface area contributed by atoms with Crippen LogP contribution in [0.15, 0.2) is 153 Å². The van der Waals surface area contributed by atoms with E-state index in [4.69, 9.17) is 0 Å². The van der Waals surface area contributed by atoms with Gasteiger partial charge in [-0.2, -0.15) is 0 Å². The Morgan fingerprint density at radius 3 is 1.00 bits per heavy atom. The van der Waals surface area contributed by atoms with Crippen LogP contribution < -0.4 is 0 Å². The SMILES string of the molecule is Cc1ccc(S(=O)(=O)N(C(C)[C@H](/C=C/c2ccccc2)N(S(=O)(=O)c2ccc(C)cc2)S(=O)(=O)c2ccc(C)cc2)S(=O)(=O)c2ccc(C)cc2)cc1. The zero-order valence-electron chi connectivity index (χ0n) is 29.7. The molecule has 5 aromatic carbocycles. The van der Waals surface area contributed by atoms with E-state index in [2.05, 4.69) is 0 Å². The molecule has 0 amide bonds. The zero-order chi connectivity index (χ0) is 38.8. The molecule has 1 unspecified atom stereocenters. The topological polar surface area (TPSA) is 143 Å². The van der Waals surface area contributed by atoms with Crippen molar-refractivity contribution in [3.05, 3.63) is 161 Å². The van der Waals surface area contributed by atoms with Crippen LogP contribution in [0.5, 0.6) is 0 Å². The van der Waals surface area contributed by atoms with Gasteiger partial charge >= 0.3 is 0 Å². The Hall–Kier alpha value is -4.44. The van der Waals surface area contributed by atoms with Gasteiger partial charge < -0.3 is 0 Å². The first-order chi connectivity index (χ1) is 24.9. The first-order valence-corrected chi connectivity index (χ1v) is 22.2. The number of aryl methyl sites for hydroxylation is 4. The molecule has 0 aliphatic heterocycles. The summed E-state index contributed by atoms with van der Waals surface area (Å²) in [5.41, 5.74) is 3.32. The highest BCUT2D eigenvalue weighted by Gasteiger charge is 2.50. The predicted molar refractivity (Wildman–Crippen MR) is 206 cm³/mol. The van der Waals surface area contributed by atoms with Crippen LogP contribution in [0.1, 0.15) is 34.7 Å². The minimum Gasteiger partial charge on any atom is -0.206 e. The summed E-state index contributed by atoms with van der Waals surface area (Å²) in [5.74, 6) is 0. The summed E-state index contributed by atoms with van der Waals surface area (Å²) in [6, 6.07) is 26.6. The lowest BCUT2D eigenvalue weighted by Crippen LogP contribution is -2.56. The van der Waals surface area contributed by atoms with E-state index in [9.17, 15) is 33.7 Å². The van der Waals surface area contributed by atoms with Crippen LogP contribution in [0.25, 0.3) is 6.08 Å². The molecule has 53 heavy (non-hydrogen) atoms. The number of sulfonamides is 4. The highest BCUT2D eigenvalue weighted by molar-refractivity contribution is 8.04. The van der Waals surface area contributed by atoms with E-state index >= 15 is 0 Å². The molecule has 5 rings (SSSR count). The third-order valence-electron chi connectivity index (χ3n) is 8.58. The monoisotopic (exact) mass is 792 g/mol. The maximum Gasteiger partial charge on any atom is 0.256 e. The van der Waals surface area contributed by atoms with E-state index in [0.29, 0.717) is 27.8 Å². The maximum absolute atomic E-state index is 14.8. The molecule has 2 atom stereocenters. The molecule has 0 fully saturated rings. The molecule has 0 saturated heterocycles. The fourth-order valence-electron chi connectivity index (χ4n) is 5.58. The third-order valence-corrected chi connectivity index (χ3v) is 17.5. The molecule has 5 aromatic rings. The summed E-state index contributed by atoms with van der Waals surface area (Å²) in [4.78, 5) is -1.60. The van der Waals surface area contributed by atoms with Crippen molar-refractivity contribution >= 4 is 46.2 Å². The largest absolute Gasteiger partial charge is 0.256 e. The van der Waals surface area contributed by atoms with Crippen LogP contribution >= 0.6 is 0 Å². The summed E-state index contributed by atoms with van der Waals surface area (Å²) in [5, 5.41) is 0. The van der Waals surface area contributed by atoms with Gasteiger partial charge in [0.1, 0.15) is 0 Å². The Bertz CT molecular complexity index is 2390. The molecule has 0 aromatic heterocycles. The van der Waals surface area contributed by atoms with Gasteiger partial charge in [-0.1, -0.05) is 121 Å². The standard InChI is InChI=1S/C39H40N2O8S4/c1-29-11-20-35(21-12-29)50(42,43)40(51(44,45)36-22-13-30(2)14-23-36)33(5)39(28-19-34-9-7-6-8-10-34)41(52(46,47)37-24-15-31(3)16-25-37)53(48,49)38-26-17-32(4)18-27-38/h6-28,33,39H,1-5H3/b28-19+/t33?,39-/m0/s1. The van der Waals surface area contributed by atoms with Gasteiger partial charge in [-0.25, -0.2) is 33.7 Å². The Labute approximate surface area is 313 Å². The smallest absolute Gasteiger partial charge is 0.206 e. The van der Waals surface area contributed by atoms with Crippen LogP contribution in [-0.2, 0) is 40.1 Å². The van der Waals surface area contributed by atoms with E-state index in [1.165, 1.54) is 116 Å². The second kappa shape index (κ2) is 15.5. The van der Waals surface area contributed by atoms with Crippen molar-refractivity contribution in [1.29, 1.82) is 0 Å². The van der Waals surface area contributed by atoms with Crippen molar-refractivity contribution in [1.82, 2.24) is 7.42 Å². The Kier molecular flexibility index (Phi) is 11.6. The van der Waals surface area contributed by atoms with Gasteiger partial charge in [0.25, 0.3) is 40.1 Å². The van der Waals surface area contributed by atoms with Gasteiger partial charge in [-0.05, 0) is 88.7 Å². The average molecular weight is 793 g/mol. The summed E-state index contributed by atoms with van der Waals surface area (Å²) >= 11 is 0. The van der Waals surface area contributed by atoms with Crippen molar-refractivity contribution in [3.8, 4) is 0 Å². The van der Waals surface area contributed by atoms with Crippen LogP contribution in [-0.4, -0.2) is 53.2 Å². The van der Waals surface area contributed by atoms with Gasteiger partial charge in [-0.15, -0.1) is 0 Å². The molecule has 14 heteroatoms. The molecule has 0 N–H and O–H groups in total. The molecule has 0 bridgehead atoms. The Balaban J connectivity index is 1.87. The molecule has 10 nitrogen and oxygen atoms in total. The summed E-state index contributed by atoms with van der Waals surface area (Å²) in [6.07, 6.45) is 2.64. The van der Waals surface area contributed by atoms with Gasteiger partial charge in [0.15, 0.2) is 0 Å². The summed E-state index contributed by atoms with van der Waals surface area (Å²) < 4.78 is 118. The number of hydrogen-bond acceptors (Lipinski definition) is 8. The first kappa shape index (κ1) is 39.8. The zero-order valence-corrected chi connectivity index (χ0v) is 33.0. The Morgan fingerprint density at radius 2 is 0.698 bits per heavy atom. The van der Waals surface area contributed by atoms with E-state index in [0.717, 1.165) is 0 Å². The first-order valence-electron chi connectivity index (χ1n) is 16.5. The lowest BCUT2D eigenvalue weighted by Gasteiger charge is -2.37. The highest BCUT2D eigenvalue weighted by atomic mass is 32.3. The molecule has 0 aliphatic rings. The third kappa shape index (κ3) is 8.38. The predicted octanol–water partition coefficient (Wildman–Crippen LogP) is 6.85. The van der Waals surface area contributed by atoms with Crippen LogP contribution in [0.4, 0.5) is 0 Å². The molecule has 0 heterocycles. The lowest BCUT2D eigenvalue weighted by atomic mass is 10.1. The molecule has 0 spiro atoms. The van der Waals surface area contributed by atoms with E-state index in [1.54, 1.807) is 58.0 Å². The fourth-order valence-corrected chi connectivity index (χ4v) is 13.7. The van der Waals surface area contributed by atoms with E-state index in [-0.39, 0.29) is 7.42 Å². The van der Waals surface area contributed by atoms with Gasteiger partial charge in [0.05, 0.1) is 31.7 Å². The summed E-state index contributed by atoms with van der Waals surface area (Å²) in [6.45, 7) is 8.10. The van der Waals surface area contributed by atoms with Crippen LogP contribution in [0, 0.1) is 27.7 Å². The second-order valence-corrected chi connectivity index (χ2v) is 20.4. The number of nitrogens with zero attached hydrogens (tertiary/aromatic N) is 2. The molecule has 278 valence electrons. The van der Waals surface area contributed by atoms with E-state index < -0.39 is 71.8 Å². The van der Waals surface area contributed by atoms with Gasteiger partial charge in [0, 0.05) is 0 Å². The number of hydrogen-bond donors (Lipinski definition) is 0. The van der Waals surface area contributed by atoms with Crippen molar-refractivity contribution in [2.75, 3.05) is 0 Å². The summed E-state index contributed by atoms with van der Waals surface area (Å²) in [7, 11) is -20.2. The van der Waals surface area contributed by atoms with Crippen LogP contribution in [0.3, 0.4) is 0 Å². The van der Waals surface area contributed by atoms with Crippen molar-refractivity contribution in [3.63, 3.8) is 0 Å².